The Labute approximate surface area is 209 Å². The lowest BCUT2D eigenvalue weighted by Gasteiger charge is -2.17. The number of rotatable bonds is 9. The number of esters is 1. The summed E-state index contributed by atoms with van der Waals surface area (Å²) in [6.07, 6.45) is 0.0281. The van der Waals surface area contributed by atoms with Crippen molar-refractivity contribution in [2.75, 3.05) is 25.2 Å². The van der Waals surface area contributed by atoms with Crippen molar-refractivity contribution in [2.45, 2.75) is 19.4 Å². The first kappa shape index (κ1) is 24.8. The van der Waals surface area contributed by atoms with E-state index in [0.717, 1.165) is 5.56 Å². The molecule has 36 heavy (non-hydrogen) atoms. The topological polar surface area (TPSA) is 94.2 Å². The summed E-state index contributed by atoms with van der Waals surface area (Å²) in [6, 6.07) is 23.6. The molecule has 1 aliphatic rings. The molecule has 8 nitrogen and oxygen atoms in total. The number of carbonyl (C=O) groups is 3. The Morgan fingerprint density at radius 2 is 1.64 bits per heavy atom. The molecule has 0 bridgehead atoms. The number of anilines is 1. The largest absolute Gasteiger partial charge is 0.493 e. The van der Waals surface area contributed by atoms with Gasteiger partial charge in [-0.15, -0.1) is 0 Å². The van der Waals surface area contributed by atoms with Gasteiger partial charge in [-0.25, -0.2) is 0 Å². The van der Waals surface area contributed by atoms with Crippen LogP contribution in [0.5, 0.6) is 17.2 Å². The molecule has 8 heteroatoms. The molecule has 3 aromatic carbocycles. The highest BCUT2D eigenvalue weighted by Gasteiger charge is 2.36. The van der Waals surface area contributed by atoms with Gasteiger partial charge in [0, 0.05) is 18.7 Å². The Kier molecular flexibility index (Phi) is 7.85. The van der Waals surface area contributed by atoms with E-state index in [9.17, 15) is 14.4 Å². The van der Waals surface area contributed by atoms with Crippen molar-refractivity contribution < 1.29 is 28.6 Å². The normalized spacial score (nSPS) is 15.8. The maximum atomic E-state index is 12.6. The van der Waals surface area contributed by atoms with Crippen LogP contribution in [0.3, 0.4) is 0 Å². The van der Waals surface area contributed by atoms with E-state index in [-0.39, 0.29) is 24.9 Å². The second kappa shape index (κ2) is 11.4. The van der Waals surface area contributed by atoms with Crippen molar-refractivity contribution in [1.29, 1.82) is 0 Å². The number of para-hydroxylation sites is 2. The number of ether oxygens (including phenoxy) is 3. The summed E-state index contributed by atoms with van der Waals surface area (Å²) < 4.78 is 16.4. The SMILES string of the molecule is COc1ccccc1Oc1ccc(N2C[C@@H](C(=O)OCC(=O)N[C@@H](C)c3ccccc3)CC2=O)cc1. The second-order valence-electron chi connectivity index (χ2n) is 8.46. The Morgan fingerprint density at radius 3 is 2.33 bits per heavy atom. The van der Waals surface area contributed by atoms with E-state index in [1.54, 1.807) is 43.5 Å². The number of nitrogens with zero attached hydrogens (tertiary/aromatic N) is 1. The van der Waals surface area contributed by atoms with Crippen LogP contribution in [-0.2, 0) is 19.1 Å². The van der Waals surface area contributed by atoms with Crippen LogP contribution in [0, 0.1) is 5.92 Å². The average Bonchev–Trinajstić information content (AvgIpc) is 3.30. The predicted molar refractivity (Wildman–Crippen MR) is 134 cm³/mol. The number of carbonyl (C=O) groups excluding carboxylic acids is 3. The number of amides is 2. The van der Waals surface area contributed by atoms with E-state index >= 15 is 0 Å². The van der Waals surface area contributed by atoms with Crippen LogP contribution in [0.2, 0.25) is 0 Å². The van der Waals surface area contributed by atoms with E-state index < -0.39 is 24.4 Å². The highest BCUT2D eigenvalue weighted by Crippen LogP contribution is 2.33. The third-order valence-corrected chi connectivity index (χ3v) is 5.93. The molecule has 2 atom stereocenters. The third kappa shape index (κ3) is 6.02. The molecular weight excluding hydrogens is 460 g/mol. The van der Waals surface area contributed by atoms with Gasteiger partial charge in [0.05, 0.1) is 19.1 Å². The van der Waals surface area contributed by atoms with Gasteiger partial charge in [-0.1, -0.05) is 42.5 Å². The van der Waals surface area contributed by atoms with Crippen molar-refractivity contribution in [3.05, 3.63) is 84.4 Å². The molecule has 1 saturated heterocycles. The average molecular weight is 489 g/mol. The van der Waals surface area contributed by atoms with Gasteiger partial charge in [0.1, 0.15) is 5.75 Å². The van der Waals surface area contributed by atoms with Gasteiger partial charge in [-0.05, 0) is 48.9 Å². The third-order valence-electron chi connectivity index (χ3n) is 5.93. The van der Waals surface area contributed by atoms with Crippen molar-refractivity contribution in [2.24, 2.45) is 5.92 Å². The highest BCUT2D eigenvalue weighted by atomic mass is 16.5. The van der Waals surface area contributed by atoms with Crippen molar-refractivity contribution in [3.8, 4) is 17.2 Å². The Bertz CT molecular complexity index is 1210. The first-order chi connectivity index (χ1) is 17.4. The molecule has 0 saturated carbocycles. The molecule has 0 aromatic heterocycles. The number of hydrogen-bond acceptors (Lipinski definition) is 6. The predicted octanol–water partition coefficient (Wildman–Crippen LogP) is 4.26. The zero-order chi connectivity index (χ0) is 25.5. The number of hydrogen-bond donors (Lipinski definition) is 1. The summed E-state index contributed by atoms with van der Waals surface area (Å²) in [5.74, 6) is -0.00711. The first-order valence-electron chi connectivity index (χ1n) is 11.7. The van der Waals surface area contributed by atoms with E-state index in [2.05, 4.69) is 5.32 Å². The summed E-state index contributed by atoms with van der Waals surface area (Å²) in [5.41, 5.74) is 1.60. The molecule has 2 amide bonds. The lowest BCUT2D eigenvalue weighted by atomic mass is 10.1. The van der Waals surface area contributed by atoms with E-state index in [1.165, 1.54) is 4.90 Å². The van der Waals surface area contributed by atoms with Gasteiger partial charge in [0.15, 0.2) is 18.1 Å². The Hall–Kier alpha value is -4.33. The molecule has 1 fully saturated rings. The molecule has 0 radical (unpaired) electrons. The van der Waals surface area contributed by atoms with E-state index in [0.29, 0.717) is 22.9 Å². The summed E-state index contributed by atoms with van der Waals surface area (Å²) in [5, 5.41) is 2.80. The minimum absolute atomic E-state index is 0.0281. The zero-order valence-electron chi connectivity index (χ0n) is 20.2. The van der Waals surface area contributed by atoms with Crippen molar-refractivity contribution in [3.63, 3.8) is 0 Å². The Balaban J connectivity index is 1.29. The second-order valence-corrected chi connectivity index (χ2v) is 8.46. The van der Waals surface area contributed by atoms with Crippen molar-refractivity contribution >= 4 is 23.5 Å². The molecule has 1 N–H and O–H groups in total. The van der Waals surface area contributed by atoms with Crippen LogP contribution in [0.4, 0.5) is 5.69 Å². The number of benzene rings is 3. The zero-order valence-corrected chi connectivity index (χ0v) is 20.2. The lowest BCUT2D eigenvalue weighted by Crippen LogP contribution is -2.32. The summed E-state index contributed by atoms with van der Waals surface area (Å²) in [4.78, 5) is 38.9. The molecule has 1 aliphatic heterocycles. The standard InChI is InChI=1S/C28H28N2O6/c1-19(20-8-4-3-5-9-20)29-26(31)18-35-28(33)21-16-27(32)30(17-21)22-12-14-23(15-13-22)36-25-11-7-6-10-24(25)34-2/h3-15,19,21H,16-18H2,1-2H3,(H,29,31)/t19-,21-/m0/s1. The molecule has 0 aliphatic carbocycles. The van der Waals surface area contributed by atoms with Crippen LogP contribution in [0.1, 0.15) is 24.9 Å². The minimum Gasteiger partial charge on any atom is -0.493 e. The van der Waals surface area contributed by atoms with Crippen LogP contribution in [-0.4, -0.2) is 38.0 Å². The number of methoxy groups -OCH3 is 1. The smallest absolute Gasteiger partial charge is 0.311 e. The maximum absolute atomic E-state index is 12.6. The molecule has 186 valence electrons. The molecular formula is C28H28N2O6. The first-order valence-corrected chi connectivity index (χ1v) is 11.7. The van der Waals surface area contributed by atoms with Gasteiger partial charge < -0.3 is 24.4 Å². The van der Waals surface area contributed by atoms with Gasteiger partial charge in [0.2, 0.25) is 5.91 Å². The fourth-order valence-electron chi connectivity index (χ4n) is 4.00. The van der Waals surface area contributed by atoms with Gasteiger partial charge in [-0.3, -0.25) is 14.4 Å². The monoisotopic (exact) mass is 488 g/mol. The number of nitrogens with one attached hydrogen (secondary N) is 1. The van der Waals surface area contributed by atoms with Crippen molar-refractivity contribution in [1.82, 2.24) is 5.32 Å². The summed E-state index contributed by atoms with van der Waals surface area (Å²) in [6.45, 7) is 1.65. The fraction of sp³-hybridized carbons (Fsp3) is 0.250. The fourth-order valence-corrected chi connectivity index (χ4v) is 4.00. The molecule has 4 rings (SSSR count). The van der Waals surface area contributed by atoms with Crippen LogP contribution >= 0.6 is 0 Å². The molecule has 3 aromatic rings. The lowest BCUT2D eigenvalue weighted by molar-refractivity contribution is -0.152. The minimum atomic E-state index is -0.638. The Morgan fingerprint density at radius 1 is 0.972 bits per heavy atom. The molecule has 0 spiro atoms. The van der Waals surface area contributed by atoms with Gasteiger partial charge in [-0.2, -0.15) is 0 Å². The summed E-state index contributed by atoms with van der Waals surface area (Å²) >= 11 is 0. The van der Waals surface area contributed by atoms with Crippen LogP contribution < -0.4 is 19.7 Å². The van der Waals surface area contributed by atoms with Gasteiger partial charge in [0.25, 0.3) is 5.91 Å². The molecule has 1 heterocycles. The quantitative estimate of drug-likeness (QED) is 0.453. The van der Waals surface area contributed by atoms with E-state index in [1.807, 2.05) is 49.4 Å². The van der Waals surface area contributed by atoms with Crippen LogP contribution in [0.25, 0.3) is 0 Å². The maximum Gasteiger partial charge on any atom is 0.311 e. The van der Waals surface area contributed by atoms with E-state index in [4.69, 9.17) is 14.2 Å². The summed E-state index contributed by atoms with van der Waals surface area (Å²) in [7, 11) is 1.57. The van der Waals surface area contributed by atoms with Crippen LogP contribution in [0.15, 0.2) is 78.9 Å². The van der Waals surface area contributed by atoms with Gasteiger partial charge >= 0.3 is 5.97 Å². The molecule has 0 unspecified atom stereocenters. The highest BCUT2D eigenvalue weighted by molar-refractivity contribution is 5.99.